The van der Waals surface area contributed by atoms with Crippen molar-refractivity contribution in [2.75, 3.05) is 26.8 Å². The zero-order valence-electron chi connectivity index (χ0n) is 40.7. The third-order valence-corrected chi connectivity index (χ3v) is 13.7. The predicted molar refractivity (Wildman–Crippen MR) is 258 cm³/mol. The van der Waals surface area contributed by atoms with E-state index < -0.39 is 24.3 Å². The fraction of sp³-hybridized carbons (Fsp3) is 0.500. The summed E-state index contributed by atoms with van der Waals surface area (Å²) in [7, 11) is 1.29. The highest BCUT2D eigenvalue weighted by Gasteiger charge is 2.46. The second-order valence-corrected chi connectivity index (χ2v) is 21.1. The summed E-state index contributed by atoms with van der Waals surface area (Å²) in [5.41, 5.74) is 6.81. The number of likely N-dealkylation sites (tertiary alicyclic amines) is 2. The third kappa shape index (κ3) is 9.46. The molecule has 2 bridgehead atoms. The number of ether oxygens (including phenoxy) is 2. The van der Waals surface area contributed by atoms with Crippen LogP contribution in [0.2, 0.25) is 0 Å². The summed E-state index contributed by atoms with van der Waals surface area (Å²) < 4.78 is 16.6. The van der Waals surface area contributed by atoms with E-state index in [0.717, 1.165) is 68.4 Å². The van der Waals surface area contributed by atoms with Crippen molar-refractivity contribution in [1.82, 2.24) is 40.4 Å². The summed E-state index contributed by atoms with van der Waals surface area (Å²) in [6.45, 7) is 21.7. The zero-order chi connectivity index (χ0) is 48.1. The minimum absolute atomic E-state index is 0.147. The number of benzene rings is 3. The number of imidazole rings is 2. The Morgan fingerprint density at radius 2 is 1.18 bits per heavy atom. The molecule has 2 saturated heterocycles. The molecular formula is C52H66N8O7. The number of H-pyrrole nitrogens is 2. The first-order valence-corrected chi connectivity index (χ1v) is 23.6. The second kappa shape index (κ2) is 18.4. The number of nitrogens with zero attached hydrogens (tertiary/aromatic N) is 4. The number of nitrogens with one attached hydrogen (secondary N) is 4. The van der Waals surface area contributed by atoms with Gasteiger partial charge in [-0.15, -0.1) is 0 Å². The number of aromatic nitrogens is 4. The Labute approximate surface area is 392 Å². The molecule has 2 aromatic carbocycles. The van der Waals surface area contributed by atoms with Crippen molar-refractivity contribution >= 4 is 45.9 Å². The first-order chi connectivity index (χ1) is 31.8. The molecule has 0 spiro atoms. The van der Waals surface area contributed by atoms with Crippen LogP contribution in [-0.4, -0.2) is 92.6 Å². The fourth-order valence-electron chi connectivity index (χ4n) is 9.88. The molecule has 4 N–H and O–H groups in total. The Balaban J connectivity index is 1.03. The Kier molecular flexibility index (Phi) is 12.9. The predicted octanol–water partition coefficient (Wildman–Crippen LogP) is 10.2. The lowest BCUT2D eigenvalue weighted by molar-refractivity contribution is -0.136. The monoisotopic (exact) mass is 915 g/mol. The lowest BCUT2D eigenvalue weighted by Gasteiger charge is -2.30. The van der Waals surface area contributed by atoms with Crippen LogP contribution in [-0.2, 0) is 19.1 Å². The number of hydrogen-bond acceptors (Lipinski definition) is 9. The number of carbonyl (C=O) groups is 4. The lowest BCUT2D eigenvalue weighted by Crippen LogP contribution is -2.51. The van der Waals surface area contributed by atoms with Crippen molar-refractivity contribution in [3.05, 3.63) is 72.6 Å². The molecule has 0 radical (unpaired) electrons. The molecule has 2 fully saturated rings. The van der Waals surface area contributed by atoms with Gasteiger partial charge in [0.1, 0.15) is 34.9 Å². The summed E-state index contributed by atoms with van der Waals surface area (Å²) in [6.07, 6.45) is 4.74. The second-order valence-electron chi connectivity index (χ2n) is 21.1. The summed E-state index contributed by atoms with van der Waals surface area (Å²) >= 11 is 0. The molecule has 15 nitrogen and oxygen atoms in total. The molecule has 0 saturated carbocycles. The number of carbonyl (C=O) groups excluding carboxylic acids is 4. The van der Waals surface area contributed by atoms with Gasteiger partial charge in [-0.25, -0.2) is 19.6 Å². The quantitative estimate of drug-likeness (QED) is 0.0825. The smallest absolute Gasteiger partial charge is 0.407 e. The summed E-state index contributed by atoms with van der Waals surface area (Å²) in [5, 5.41) is 7.58. The van der Waals surface area contributed by atoms with E-state index in [1.54, 1.807) is 0 Å². The number of rotatable bonds is 14. The molecule has 6 heterocycles. The first kappa shape index (κ1) is 47.1. The van der Waals surface area contributed by atoms with Crippen molar-refractivity contribution in [2.24, 2.45) is 28.6 Å². The van der Waals surface area contributed by atoms with Crippen LogP contribution in [0.4, 0.5) is 9.59 Å². The van der Waals surface area contributed by atoms with Crippen LogP contribution in [0, 0.1) is 28.6 Å². The molecule has 8 rings (SSSR count). The maximum Gasteiger partial charge on any atom is 0.407 e. The van der Waals surface area contributed by atoms with E-state index in [0.29, 0.717) is 37.8 Å². The Morgan fingerprint density at radius 3 is 1.70 bits per heavy atom. The van der Waals surface area contributed by atoms with E-state index in [2.05, 4.69) is 84.7 Å². The van der Waals surface area contributed by atoms with E-state index in [4.69, 9.17) is 23.9 Å². The molecule has 4 amide bonds. The van der Waals surface area contributed by atoms with Crippen molar-refractivity contribution in [3.8, 4) is 33.6 Å². The molecule has 0 aliphatic carbocycles. The van der Waals surface area contributed by atoms with Gasteiger partial charge < -0.3 is 44.3 Å². The van der Waals surface area contributed by atoms with Crippen LogP contribution in [0.3, 0.4) is 0 Å². The average Bonchev–Trinajstić information content (AvgIpc) is 4.17. The molecule has 4 aromatic heterocycles. The van der Waals surface area contributed by atoms with Crippen molar-refractivity contribution in [3.63, 3.8) is 0 Å². The summed E-state index contributed by atoms with van der Waals surface area (Å²) in [5.74, 6) is 1.01. The zero-order valence-corrected chi connectivity index (χ0v) is 40.7. The number of alkyl carbamates (subject to hydrolysis) is 2. The number of furan rings is 2. The maximum absolute atomic E-state index is 14.2. The molecule has 356 valence electrons. The van der Waals surface area contributed by atoms with Crippen LogP contribution in [0.5, 0.6) is 0 Å². The highest BCUT2D eigenvalue weighted by Crippen LogP contribution is 2.47. The minimum Gasteiger partial charge on any atom is -0.456 e. The van der Waals surface area contributed by atoms with Gasteiger partial charge in [0.25, 0.3) is 0 Å². The van der Waals surface area contributed by atoms with E-state index in [1.807, 2.05) is 75.9 Å². The van der Waals surface area contributed by atoms with E-state index >= 15 is 0 Å². The first-order valence-electron chi connectivity index (χ1n) is 23.6. The molecule has 2 aliphatic heterocycles. The normalized spacial score (nSPS) is 19.4. The van der Waals surface area contributed by atoms with Crippen molar-refractivity contribution in [1.29, 1.82) is 0 Å². The van der Waals surface area contributed by atoms with Gasteiger partial charge in [-0.05, 0) is 70.2 Å². The highest BCUT2D eigenvalue weighted by molar-refractivity contribution is 6.19. The van der Waals surface area contributed by atoms with Crippen LogP contribution < -0.4 is 10.6 Å². The van der Waals surface area contributed by atoms with E-state index in [9.17, 15) is 19.2 Å². The van der Waals surface area contributed by atoms with Crippen LogP contribution in [0.25, 0.3) is 55.6 Å². The highest BCUT2D eigenvalue weighted by atomic mass is 16.5. The number of methoxy groups -OCH3 is 1. The number of amides is 4. The van der Waals surface area contributed by atoms with Gasteiger partial charge in [0.2, 0.25) is 11.8 Å². The van der Waals surface area contributed by atoms with Crippen LogP contribution in [0.1, 0.15) is 112 Å². The average molecular weight is 915 g/mol. The largest absolute Gasteiger partial charge is 0.456 e. The van der Waals surface area contributed by atoms with Crippen LogP contribution >= 0.6 is 0 Å². The number of hydrogen-bond donors (Lipinski definition) is 4. The van der Waals surface area contributed by atoms with Gasteiger partial charge in [0, 0.05) is 29.4 Å². The van der Waals surface area contributed by atoms with Gasteiger partial charge >= 0.3 is 12.2 Å². The van der Waals surface area contributed by atoms with Crippen molar-refractivity contribution in [2.45, 2.75) is 113 Å². The Morgan fingerprint density at radius 1 is 0.701 bits per heavy atom. The van der Waals surface area contributed by atoms with E-state index in [-0.39, 0.29) is 52.5 Å². The summed E-state index contributed by atoms with van der Waals surface area (Å²) in [4.78, 5) is 73.8. The molecule has 5 atom stereocenters. The molecule has 67 heavy (non-hydrogen) atoms. The summed E-state index contributed by atoms with van der Waals surface area (Å²) in [6, 6.07) is 14.4. The SMILES string of the molecule is CCC(C)COC(=O)NC(C(=O)N1CC(C)(C)CC1c1ncc(-c2ccc(-c3ccc(-c4cnc(C5CC(C)(C)CN5C(=O)C(NC(=O)OC)C(C)C)[nH]4)c4c5ccc(o5)c34)cc2)[nH]1)C(C)C. The fourth-order valence-corrected chi connectivity index (χ4v) is 9.88. The standard InChI is InChI=1S/C52H66N8O7/c1-12-30(6)25-66-50(64)58-44(29(4)5)48(62)59-26-51(7,8)21-37(59)45-53-23-35(55-45)32-15-13-31(14-16-32)33-17-18-34(42-40-20-19-39(67-40)41(33)42)36-24-54-46(56-36)38-22-52(9,10)27-60(38)47(61)43(28(2)3)57-49(63)65-11/h13-20,23-24,28-30,37-38,43-44H,12,21-22,25-27H2,1-11H3,(H,53,55)(H,54,56)(H,57,63)(H,58,64). The van der Waals surface area contributed by atoms with Gasteiger partial charge in [-0.1, -0.05) is 112 Å². The van der Waals surface area contributed by atoms with Crippen LogP contribution in [0.15, 0.2) is 65.3 Å². The molecule has 5 unspecified atom stereocenters. The van der Waals surface area contributed by atoms with E-state index in [1.165, 1.54) is 7.11 Å². The molecular weight excluding hydrogens is 849 g/mol. The van der Waals surface area contributed by atoms with Gasteiger partial charge in [0.05, 0.1) is 49.6 Å². The van der Waals surface area contributed by atoms with Gasteiger partial charge in [0.15, 0.2) is 0 Å². The molecule has 6 aromatic rings. The number of aromatic amines is 2. The molecule has 2 aliphatic rings. The maximum atomic E-state index is 14.2. The molecule has 15 heteroatoms. The number of fused-ring (bicyclic) bond motifs is 5. The lowest BCUT2D eigenvalue weighted by atomic mass is 9.90. The Bertz CT molecular complexity index is 2750. The third-order valence-electron chi connectivity index (χ3n) is 13.7. The van der Waals surface area contributed by atoms with Gasteiger partial charge in [-0.3, -0.25) is 9.59 Å². The Hall–Kier alpha value is -6.38. The van der Waals surface area contributed by atoms with Gasteiger partial charge in [-0.2, -0.15) is 0 Å². The topological polar surface area (TPSA) is 188 Å². The minimum atomic E-state index is -0.744. The van der Waals surface area contributed by atoms with Crippen molar-refractivity contribution < 1.29 is 33.1 Å².